The maximum Gasteiger partial charge on any atom is 0.306 e. The third-order valence-electron chi connectivity index (χ3n) is 15.0. The Balaban J connectivity index is 1.53. The van der Waals surface area contributed by atoms with Crippen molar-refractivity contribution in [3.8, 4) is 5.75 Å². The number of carbonyl (C=O) groups is 11. The van der Waals surface area contributed by atoms with Crippen molar-refractivity contribution in [1.82, 2.24) is 46.3 Å². The lowest BCUT2D eigenvalue weighted by Gasteiger charge is -2.38. The largest absolute Gasteiger partial charge is 0.506 e. The molecule has 0 unspecified atom stereocenters. The van der Waals surface area contributed by atoms with Gasteiger partial charge in [0.15, 0.2) is 6.10 Å². The Labute approximate surface area is 519 Å². The molecule has 3 rings (SSSR count). The second kappa shape index (κ2) is 36.8. The summed E-state index contributed by atoms with van der Waals surface area (Å²) in [6.45, 7) is 18.4. The van der Waals surface area contributed by atoms with E-state index in [1.54, 1.807) is 44.8 Å². The Bertz CT molecular complexity index is 2740. The molecule has 2 heterocycles. The molecule has 1 aliphatic rings. The minimum absolute atomic E-state index is 0.0305. The molecule has 0 aliphatic carbocycles. The first-order chi connectivity index (χ1) is 41.4. The van der Waals surface area contributed by atoms with Gasteiger partial charge < -0.3 is 66.0 Å². The van der Waals surface area contributed by atoms with Gasteiger partial charge in [0.2, 0.25) is 35.4 Å². The molecule has 88 heavy (non-hydrogen) atoms. The maximum absolute atomic E-state index is 14.3. The van der Waals surface area contributed by atoms with E-state index in [2.05, 4.69) is 36.9 Å². The number of phenols is 1. The molecule has 1 aromatic carbocycles. The van der Waals surface area contributed by atoms with Crippen LogP contribution in [-0.4, -0.2) is 205 Å². The molecule has 8 atom stereocenters. The van der Waals surface area contributed by atoms with Crippen molar-refractivity contribution in [2.45, 2.75) is 156 Å². The number of hydrogen-bond acceptors (Lipinski definition) is 19. The fourth-order valence-corrected chi connectivity index (χ4v) is 9.67. The topological polar surface area (TPSA) is 360 Å². The normalized spacial score (nSPS) is 15.1. The van der Waals surface area contributed by atoms with Crippen molar-refractivity contribution < 1.29 is 81.9 Å². The summed E-state index contributed by atoms with van der Waals surface area (Å²) in [7, 11) is 5.20. The number of nitrogens with zero attached hydrogens (tertiary/aromatic N) is 4. The van der Waals surface area contributed by atoms with Crippen LogP contribution in [0.2, 0.25) is 0 Å². The van der Waals surface area contributed by atoms with Gasteiger partial charge in [-0.3, -0.25) is 62.5 Å². The molecule has 8 N–H and O–H groups in total. The molecule has 2 aromatic rings. The summed E-state index contributed by atoms with van der Waals surface area (Å²) < 4.78 is 22.1. The van der Waals surface area contributed by atoms with E-state index >= 15 is 0 Å². The number of anilines is 1. The first-order valence-corrected chi connectivity index (χ1v) is 30.4. The number of benzene rings is 1. The summed E-state index contributed by atoms with van der Waals surface area (Å²) in [5.41, 5.74) is -0.517. The Morgan fingerprint density at radius 2 is 1.39 bits per heavy atom. The number of hydrogen-bond donors (Lipinski definition) is 8. The fraction of sp³-hybridized carbons (Fsp3) is 0.633. The molecule has 0 bridgehead atoms. The number of thiazole rings is 1. The Morgan fingerprint density at radius 1 is 0.773 bits per heavy atom. The third kappa shape index (κ3) is 24.6. The van der Waals surface area contributed by atoms with E-state index in [9.17, 15) is 63.0 Å². The molecule has 0 fully saturated rings. The second-order valence-corrected chi connectivity index (χ2v) is 23.8. The smallest absolute Gasteiger partial charge is 0.306 e. The molecule has 490 valence electrons. The van der Waals surface area contributed by atoms with E-state index in [1.807, 2.05) is 27.7 Å². The van der Waals surface area contributed by atoms with Crippen LogP contribution in [0, 0.1) is 17.8 Å². The van der Waals surface area contributed by atoms with Gasteiger partial charge >= 0.3 is 11.9 Å². The molecule has 27 nitrogen and oxygen atoms in total. The van der Waals surface area contributed by atoms with Gasteiger partial charge in [0, 0.05) is 75.9 Å². The number of aromatic nitrogens is 1. The van der Waals surface area contributed by atoms with E-state index in [0.29, 0.717) is 18.4 Å². The summed E-state index contributed by atoms with van der Waals surface area (Å²) in [6.07, 6.45) is 2.52. The number of amides is 9. The van der Waals surface area contributed by atoms with Crippen molar-refractivity contribution in [3.05, 3.63) is 52.0 Å². The summed E-state index contributed by atoms with van der Waals surface area (Å²) in [6, 6.07) is -0.105. The first kappa shape index (κ1) is 74.9. The number of phenolic OH excluding ortho intramolecular Hbond substituents is 1. The zero-order valence-corrected chi connectivity index (χ0v) is 53.8. The zero-order chi connectivity index (χ0) is 66.0. The SMILES string of the molecule is CC[C@H](C)[C@H](NC(=O)C(C)(C)N(C)C)C(=O)N(C)[C@H](C[C@@H](OC(C)=O)c1nc(C(=O)N[C@@H](Cc2ccc(O)c(NC(=O)[C@H](C)NC(=O)[C@H](C)NC(=O)CCOCCOCCOCCNC(=O)CCCN3C(=O)C=CC3=O)c2)C[C@H](C)C(=O)O)cs1)C(C)C. The number of carbonyl (C=O) groups excluding carboxylic acids is 10. The highest BCUT2D eigenvalue weighted by molar-refractivity contribution is 7.09. The van der Waals surface area contributed by atoms with Crippen LogP contribution in [0.5, 0.6) is 5.75 Å². The van der Waals surface area contributed by atoms with Crippen molar-refractivity contribution >= 4 is 82.1 Å². The van der Waals surface area contributed by atoms with Gasteiger partial charge in [-0.1, -0.05) is 47.1 Å². The van der Waals surface area contributed by atoms with Crippen molar-refractivity contribution in [3.63, 3.8) is 0 Å². The average molecular weight is 1260 g/mol. The fourth-order valence-electron chi connectivity index (χ4n) is 8.83. The van der Waals surface area contributed by atoms with Crippen molar-refractivity contribution in [1.29, 1.82) is 0 Å². The van der Waals surface area contributed by atoms with Crippen molar-refractivity contribution in [2.24, 2.45) is 17.8 Å². The lowest BCUT2D eigenvalue weighted by atomic mass is 9.92. The molecular formula is C60H92N10O17S. The number of esters is 1. The molecular weight excluding hydrogens is 1160 g/mol. The molecule has 28 heteroatoms. The summed E-state index contributed by atoms with van der Waals surface area (Å²) in [4.78, 5) is 150. The highest BCUT2D eigenvalue weighted by Gasteiger charge is 2.39. The predicted molar refractivity (Wildman–Crippen MR) is 325 cm³/mol. The van der Waals surface area contributed by atoms with E-state index in [0.717, 1.165) is 16.2 Å². The van der Waals surface area contributed by atoms with Crippen LogP contribution in [0.4, 0.5) is 5.69 Å². The average Bonchev–Trinajstić information content (AvgIpc) is 2.84. The number of rotatable bonds is 40. The number of carboxylic acid groups (broad SMARTS) is 1. The molecule has 1 aromatic heterocycles. The number of aromatic hydroxyl groups is 1. The molecule has 0 saturated carbocycles. The molecule has 9 amide bonds. The summed E-state index contributed by atoms with van der Waals surface area (Å²) >= 11 is 1.06. The van der Waals surface area contributed by atoms with E-state index in [-0.39, 0.29) is 148 Å². The Hall–Kier alpha value is -7.40. The number of aliphatic carboxylic acids is 1. The lowest BCUT2D eigenvalue weighted by Crippen LogP contribution is -2.60. The number of likely N-dealkylation sites (N-methyl/N-ethyl adjacent to an activating group) is 2. The van der Waals surface area contributed by atoms with Gasteiger partial charge in [-0.15, -0.1) is 11.3 Å². The minimum atomic E-state index is -1.15. The lowest BCUT2D eigenvalue weighted by molar-refractivity contribution is -0.149. The van der Waals surface area contributed by atoms with E-state index in [1.165, 1.54) is 63.4 Å². The van der Waals surface area contributed by atoms with Gasteiger partial charge in [0.05, 0.1) is 56.8 Å². The first-order valence-electron chi connectivity index (χ1n) is 29.5. The van der Waals surface area contributed by atoms with Crippen LogP contribution in [0.3, 0.4) is 0 Å². The highest BCUT2D eigenvalue weighted by Crippen LogP contribution is 2.32. The zero-order valence-electron chi connectivity index (χ0n) is 53.0. The van der Waals surface area contributed by atoms with Crippen LogP contribution in [0.15, 0.2) is 35.7 Å². The van der Waals surface area contributed by atoms with Crippen LogP contribution >= 0.6 is 11.3 Å². The Morgan fingerprint density at radius 3 is 1.98 bits per heavy atom. The van der Waals surface area contributed by atoms with Crippen LogP contribution in [0.1, 0.15) is 135 Å². The van der Waals surface area contributed by atoms with Crippen LogP contribution < -0.4 is 31.9 Å². The van der Waals surface area contributed by atoms with Gasteiger partial charge in [-0.25, -0.2) is 4.98 Å². The molecule has 0 saturated heterocycles. The van der Waals surface area contributed by atoms with Gasteiger partial charge in [-0.2, -0.15) is 0 Å². The summed E-state index contributed by atoms with van der Waals surface area (Å²) in [5, 5.41) is 38.6. The molecule has 0 radical (unpaired) electrons. The van der Waals surface area contributed by atoms with Crippen molar-refractivity contribution in [2.75, 3.05) is 79.2 Å². The van der Waals surface area contributed by atoms with Crippen LogP contribution in [0.25, 0.3) is 0 Å². The number of imide groups is 1. The quantitative estimate of drug-likeness (QED) is 0.0206. The van der Waals surface area contributed by atoms with Gasteiger partial charge in [-0.05, 0) is 90.6 Å². The third-order valence-corrected chi connectivity index (χ3v) is 16.0. The second-order valence-electron chi connectivity index (χ2n) is 22.9. The summed E-state index contributed by atoms with van der Waals surface area (Å²) in [5.74, 6) is -7.56. The molecule has 1 aliphatic heterocycles. The standard InChI is InChI=1S/C60H92N10O17S/c1-14-36(4)52(67-59(83)60(9,10)68(11)12)57(80)69(13)45(35(2)3)33-47(87-40(8)71)56-66-44(34-88-56)55(79)64-42(30-37(5)58(81)82)31-41-17-18-46(72)43(32-41)65-54(78)39(7)63-53(77)38(6)62-49(74)21-24-84-26-28-86-29-27-85-25-22-61-48(73)16-15-23-70-50(75)19-20-51(70)76/h17-20,32,34-39,42,45,47,52,72H,14-16,21-31,33H2,1-13H3,(H,61,73)(H,62,74)(H,63,77)(H,64,79)(H,65,78)(H,67,83)(H,81,82)/t36-,37-,38-,39-,42+,45+,47+,52-/m0/s1. The maximum atomic E-state index is 14.3. The monoisotopic (exact) mass is 1260 g/mol. The van der Waals surface area contributed by atoms with E-state index in [4.69, 9.17) is 18.9 Å². The van der Waals surface area contributed by atoms with Gasteiger partial charge in [0.1, 0.15) is 34.6 Å². The van der Waals surface area contributed by atoms with Crippen LogP contribution in [-0.2, 0) is 73.3 Å². The number of ether oxygens (including phenoxy) is 4. The molecule has 0 spiro atoms. The number of carboxylic acids is 1. The van der Waals surface area contributed by atoms with Gasteiger partial charge in [0.25, 0.3) is 17.7 Å². The Kier molecular flexibility index (Phi) is 31.3. The van der Waals surface area contributed by atoms with E-state index < -0.39 is 83.3 Å². The highest BCUT2D eigenvalue weighted by atomic mass is 32.1. The minimum Gasteiger partial charge on any atom is -0.506 e. The number of nitrogens with one attached hydrogen (secondary N) is 6. The predicted octanol–water partition coefficient (Wildman–Crippen LogP) is 2.86.